The van der Waals surface area contributed by atoms with Crippen LogP contribution in [0.3, 0.4) is 0 Å². The lowest BCUT2D eigenvalue weighted by molar-refractivity contribution is -0.111. The second-order valence-corrected chi connectivity index (χ2v) is 7.15. The van der Waals surface area contributed by atoms with Gasteiger partial charge < -0.3 is 10.0 Å². The maximum atomic E-state index is 12.5. The molecule has 1 N–H and O–H groups in total. The topological polar surface area (TPSA) is 53.4 Å². The van der Waals surface area contributed by atoms with Crippen LogP contribution in [0.4, 0.5) is 5.82 Å². The lowest BCUT2D eigenvalue weighted by atomic mass is 10.0. The summed E-state index contributed by atoms with van der Waals surface area (Å²) in [5.41, 5.74) is 2.65. The number of aliphatic hydroxyl groups excluding tert-OH is 1. The quantitative estimate of drug-likeness (QED) is 0.836. The largest absolute Gasteiger partial charge is 0.393 e. The maximum absolute atomic E-state index is 12.5. The van der Waals surface area contributed by atoms with E-state index in [4.69, 9.17) is 4.98 Å². The highest BCUT2D eigenvalue weighted by atomic mass is 16.3. The van der Waals surface area contributed by atoms with Gasteiger partial charge in [0.1, 0.15) is 5.82 Å². The molecule has 4 rings (SSSR count). The van der Waals surface area contributed by atoms with Crippen LogP contribution in [0, 0.1) is 0 Å². The van der Waals surface area contributed by atoms with Crippen LogP contribution in [0.2, 0.25) is 0 Å². The van der Waals surface area contributed by atoms with Crippen LogP contribution in [0.1, 0.15) is 31.2 Å². The number of fused-ring (bicyclic) bond motifs is 1. The second kappa shape index (κ2) is 7.89. The summed E-state index contributed by atoms with van der Waals surface area (Å²) in [6, 6.07) is 10.1. The Balaban J connectivity index is 1.68. The molecule has 0 saturated carbocycles. The Labute approximate surface area is 159 Å². The third-order valence-electron chi connectivity index (χ3n) is 5.19. The van der Waals surface area contributed by atoms with Gasteiger partial charge in [0, 0.05) is 29.6 Å². The molecule has 1 aliphatic heterocycles. The minimum absolute atomic E-state index is 0.0270. The van der Waals surface area contributed by atoms with Crippen LogP contribution in [0.15, 0.2) is 60.2 Å². The smallest absolute Gasteiger partial charge is 0.185 e. The highest BCUT2D eigenvalue weighted by molar-refractivity contribution is 6.08. The first-order valence-corrected chi connectivity index (χ1v) is 9.62. The van der Waals surface area contributed by atoms with Gasteiger partial charge in [-0.2, -0.15) is 0 Å². The average molecular weight is 360 g/mol. The van der Waals surface area contributed by atoms with Gasteiger partial charge in [-0.15, -0.1) is 0 Å². The first-order valence-electron chi connectivity index (χ1n) is 9.62. The maximum Gasteiger partial charge on any atom is 0.185 e. The molecular formula is C23H24N2O2. The number of hydrogen-bond donors (Lipinski definition) is 1. The predicted octanol–water partition coefficient (Wildman–Crippen LogP) is 4.05. The van der Waals surface area contributed by atoms with Gasteiger partial charge in [-0.25, -0.2) is 4.98 Å². The molecule has 138 valence electrons. The summed E-state index contributed by atoms with van der Waals surface area (Å²) in [6.45, 7) is 1.55. The summed E-state index contributed by atoms with van der Waals surface area (Å²) in [5, 5.41) is 10.9. The van der Waals surface area contributed by atoms with E-state index in [1.807, 2.05) is 48.6 Å². The van der Waals surface area contributed by atoms with Crippen LogP contribution in [0.25, 0.3) is 17.0 Å². The summed E-state index contributed by atoms with van der Waals surface area (Å²) >= 11 is 0. The number of benzene rings is 1. The van der Waals surface area contributed by atoms with Crippen LogP contribution in [0.5, 0.6) is 0 Å². The SMILES string of the molecule is O=C(C=Cc1cc2ccccc2nc1N1CCC(O)CC1)C1=CCCC=C1. The number of nitrogens with zero attached hydrogens (tertiary/aromatic N) is 2. The lowest BCUT2D eigenvalue weighted by Gasteiger charge is -2.31. The summed E-state index contributed by atoms with van der Waals surface area (Å²) < 4.78 is 0. The summed E-state index contributed by atoms with van der Waals surface area (Å²) in [5.74, 6) is 0.914. The Morgan fingerprint density at radius 3 is 2.78 bits per heavy atom. The van der Waals surface area contributed by atoms with Gasteiger partial charge in [0.2, 0.25) is 0 Å². The van der Waals surface area contributed by atoms with Gasteiger partial charge in [-0.3, -0.25) is 4.79 Å². The third-order valence-corrected chi connectivity index (χ3v) is 5.19. The van der Waals surface area contributed by atoms with Gasteiger partial charge in [0.25, 0.3) is 0 Å². The molecule has 1 aromatic carbocycles. The van der Waals surface area contributed by atoms with E-state index in [2.05, 4.69) is 11.0 Å². The monoisotopic (exact) mass is 360 g/mol. The molecule has 27 heavy (non-hydrogen) atoms. The molecule has 1 aromatic heterocycles. The van der Waals surface area contributed by atoms with Crippen molar-refractivity contribution in [2.75, 3.05) is 18.0 Å². The van der Waals surface area contributed by atoms with Gasteiger partial charge in [-0.05, 0) is 50.0 Å². The van der Waals surface area contributed by atoms with Crippen molar-refractivity contribution in [3.8, 4) is 0 Å². The minimum atomic E-state index is -0.229. The van der Waals surface area contributed by atoms with Gasteiger partial charge >= 0.3 is 0 Å². The van der Waals surface area contributed by atoms with Crippen molar-refractivity contribution in [3.05, 3.63) is 65.8 Å². The summed E-state index contributed by atoms with van der Waals surface area (Å²) in [4.78, 5) is 19.6. The standard InChI is InChI=1S/C23H24N2O2/c26-20-12-14-25(15-13-20)23-19(16-18-8-4-5-9-21(18)24-23)10-11-22(27)17-6-2-1-3-7-17/h2,4-11,16,20,26H,1,3,12-15H2. The molecule has 1 fully saturated rings. The molecule has 0 radical (unpaired) electrons. The normalized spacial score (nSPS) is 18.3. The lowest BCUT2D eigenvalue weighted by Crippen LogP contribution is -2.36. The van der Waals surface area contributed by atoms with Gasteiger partial charge in [0.15, 0.2) is 5.78 Å². The number of ketones is 1. The van der Waals surface area contributed by atoms with E-state index in [0.717, 1.165) is 66.6 Å². The second-order valence-electron chi connectivity index (χ2n) is 7.15. The van der Waals surface area contributed by atoms with Crippen LogP contribution in [-0.2, 0) is 4.79 Å². The first-order chi connectivity index (χ1) is 13.2. The van der Waals surface area contributed by atoms with E-state index in [1.165, 1.54) is 0 Å². The Morgan fingerprint density at radius 2 is 2.00 bits per heavy atom. The fourth-order valence-corrected chi connectivity index (χ4v) is 3.63. The minimum Gasteiger partial charge on any atom is -0.393 e. The van der Waals surface area contributed by atoms with Crippen molar-refractivity contribution in [3.63, 3.8) is 0 Å². The number of carbonyl (C=O) groups excluding carboxylic acids is 1. The Morgan fingerprint density at radius 1 is 1.19 bits per heavy atom. The molecule has 4 heteroatoms. The first kappa shape index (κ1) is 17.7. The zero-order valence-electron chi connectivity index (χ0n) is 15.3. The van der Waals surface area contributed by atoms with Crippen molar-refractivity contribution >= 4 is 28.6 Å². The molecular weight excluding hydrogens is 336 g/mol. The molecule has 2 aromatic rings. The zero-order chi connectivity index (χ0) is 18.6. The molecule has 4 nitrogen and oxygen atoms in total. The Hall–Kier alpha value is -2.72. The number of aromatic nitrogens is 1. The van der Waals surface area contributed by atoms with Crippen molar-refractivity contribution in [1.29, 1.82) is 0 Å². The molecule has 0 unspecified atom stereocenters. The number of pyridine rings is 1. The highest BCUT2D eigenvalue weighted by Crippen LogP contribution is 2.27. The number of allylic oxidation sites excluding steroid dienone is 5. The van der Waals surface area contributed by atoms with Crippen molar-refractivity contribution < 1.29 is 9.90 Å². The van der Waals surface area contributed by atoms with E-state index >= 15 is 0 Å². The van der Waals surface area contributed by atoms with E-state index in [-0.39, 0.29) is 11.9 Å². The Kier molecular flexibility index (Phi) is 5.16. The number of aliphatic hydroxyl groups is 1. The van der Waals surface area contributed by atoms with Gasteiger partial charge in [-0.1, -0.05) is 36.4 Å². The molecule has 2 heterocycles. The Bertz CT molecular complexity index is 935. The summed E-state index contributed by atoms with van der Waals surface area (Å²) in [6.07, 6.45) is 12.7. The number of para-hydroxylation sites is 1. The van der Waals surface area contributed by atoms with E-state index in [1.54, 1.807) is 6.08 Å². The van der Waals surface area contributed by atoms with E-state index in [9.17, 15) is 9.90 Å². The molecule has 1 saturated heterocycles. The zero-order valence-corrected chi connectivity index (χ0v) is 15.3. The molecule has 0 amide bonds. The summed E-state index contributed by atoms with van der Waals surface area (Å²) in [7, 11) is 0. The molecule has 0 spiro atoms. The predicted molar refractivity (Wildman–Crippen MR) is 110 cm³/mol. The van der Waals surface area contributed by atoms with Crippen molar-refractivity contribution in [2.45, 2.75) is 31.8 Å². The fraction of sp³-hybridized carbons (Fsp3) is 0.304. The van der Waals surface area contributed by atoms with Crippen LogP contribution < -0.4 is 4.90 Å². The number of piperidine rings is 1. The molecule has 0 bridgehead atoms. The molecule has 2 aliphatic rings. The highest BCUT2D eigenvalue weighted by Gasteiger charge is 2.20. The van der Waals surface area contributed by atoms with Crippen molar-refractivity contribution in [1.82, 2.24) is 4.98 Å². The third kappa shape index (κ3) is 4.01. The molecule has 1 aliphatic carbocycles. The number of rotatable bonds is 4. The fourth-order valence-electron chi connectivity index (χ4n) is 3.63. The number of anilines is 1. The van der Waals surface area contributed by atoms with E-state index in [0.29, 0.717) is 0 Å². The van der Waals surface area contributed by atoms with Crippen LogP contribution in [-0.4, -0.2) is 35.1 Å². The van der Waals surface area contributed by atoms with Crippen LogP contribution >= 0.6 is 0 Å². The number of hydrogen-bond acceptors (Lipinski definition) is 4. The van der Waals surface area contributed by atoms with Crippen molar-refractivity contribution in [2.24, 2.45) is 0 Å². The average Bonchev–Trinajstić information content (AvgIpc) is 2.72. The van der Waals surface area contributed by atoms with Gasteiger partial charge in [0.05, 0.1) is 11.6 Å². The molecule has 0 atom stereocenters. The van der Waals surface area contributed by atoms with E-state index < -0.39 is 0 Å². The number of carbonyl (C=O) groups is 1.